The average molecular weight is 380 g/mol. The number of nitrogens with zero attached hydrogens (tertiary/aromatic N) is 1. The highest BCUT2D eigenvalue weighted by Crippen LogP contribution is 2.29. The van der Waals surface area contributed by atoms with Crippen molar-refractivity contribution in [1.82, 2.24) is 4.47 Å². The van der Waals surface area contributed by atoms with Gasteiger partial charge in [0, 0.05) is 18.7 Å². The number of rotatable bonds is 7. The summed E-state index contributed by atoms with van der Waals surface area (Å²) in [7, 11) is 1.64. The molecule has 0 bridgehead atoms. The predicted molar refractivity (Wildman–Crippen MR) is 95.9 cm³/mol. The summed E-state index contributed by atoms with van der Waals surface area (Å²) in [5, 5.41) is 2.69. The Kier molecular flexibility index (Phi) is 6.19. The molecule has 0 spiro atoms. The van der Waals surface area contributed by atoms with Crippen LogP contribution >= 0.6 is 0 Å². The molecule has 0 radical (unpaired) electrons. The maximum atomic E-state index is 12.6. The van der Waals surface area contributed by atoms with Crippen LogP contribution in [0.3, 0.4) is 0 Å². The number of amides is 1. The van der Waals surface area contributed by atoms with Gasteiger partial charge >= 0.3 is 0 Å². The standard InChI is InChI=1S/C17H20N2O6S/c1-19(25-4)26(21,22)14-7-5-6-12(10-14)17(20)18-15-11-13(23-2)8-9-16(15)24-3/h5-11H,1-4H3,(H,18,20). The molecular weight excluding hydrogens is 360 g/mol. The Hall–Kier alpha value is -2.62. The van der Waals surface area contributed by atoms with E-state index in [1.54, 1.807) is 18.2 Å². The molecule has 1 N–H and O–H groups in total. The van der Waals surface area contributed by atoms with Gasteiger partial charge in [-0.15, -0.1) is 0 Å². The lowest BCUT2D eigenvalue weighted by molar-refractivity contribution is -0.0258. The van der Waals surface area contributed by atoms with Crippen LogP contribution in [-0.4, -0.2) is 47.2 Å². The molecule has 0 saturated heterocycles. The molecule has 0 aliphatic carbocycles. The van der Waals surface area contributed by atoms with Crippen molar-refractivity contribution in [2.75, 3.05) is 33.7 Å². The SMILES string of the molecule is COc1ccc(OC)c(NC(=O)c2cccc(S(=O)(=O)N(C)OC)c2)c1. The van der Waals surface area contributed by atoms with Crippen molar-refractivity contribution in [3.8, 4) is 11.5 Å². The molecule has 2 rings (SSSR count). The van der Waals surface area contributed by atoms with Crippen LogP contribution in [0.2, 0.25) is 0 Å². The summed E-state index contributed by atoms with van der Waals surface area (Å²) >= 11 is 0. The number of hydrogen-bond donors (Lipinski definition) is 1. The van der Waals surface area contributed by atoms with Gasteiger partial charge in [-0.25, -0.2) is 8.42 Å². The van der Waals surface area contributed by atoms with E-state index in [1.807, 2.05) is 0 Å². The minimum atomic E-state index is -3.86. The lowest BCUT2D eigenvalue weighted by Crippen LogP contribution is -2.26. The highest BCUT2D eigenvalue weighted by Gasteiger charge is 2.22. The number of hydrogen-bond acceptors (Lipinski definition) is 6. The third-order valence-corrected chi connectivity index (χ3v) is 5.32. The number of carbonyl (C=O) groups excluding carboxylic acids is 1. The summed E-state index contributed by atoms with van der Waals surface area (Å²) in [5.41, 5.74) is 0.569. The number of anilines is 1. The van der Waals surface area contributed by atoms with Crippen LogP contribution in [-0.2, 0) is 14.9 Å². The monoisotopic (exact) mass is 380 g/mol. The van der Waals surface area contributed by atoms with Gasteiger partial charge in [-0.05, 0) is 30.3 Å². The molecule has 140 valence electrons. The molecule has 0 saturated carbocycles. The maximum absolute atomic E-state index is 12.6. The van der Waals surface area contributed by atoms with E-state index in [1.165, 1.54) is 52.6 Å². The number of sulfonamides is 1. The van der Waals surface area contributed by atoms with Gasteiger partial charge in [0.05, 0.1) is 31.9 Å². The smallest absolute Gasteiger partial charge is 0.264 e. The number of nitrogens with one attached hydrogen (secondary N) is 1. The first-order valence-corrected chi connectivity index (χ1v) is 8.94. The Balaban J connectivity index is 2.33. The normalized spacial score (nSPS) is 11.3. The fourth-order valence-electron chi connectivity index (χ4n) is 2.15. The fraction of sp³-hybridized carbons (Fsp3) is 0.235. The lowest BCUT2D eigenvalue weighted by atomic mass is 10.2. The maximum Gasteiger partial charge on any atom is 0.264 e. The number of ether oxygens (including phenoxy) is 2. The first-order valence-electron chi connectivity index (χ1n) is 7.50. The largest absolute Gasteiger partial charge is 0.497 e. The van der Waals surface area contributed by atoms with Gasteiger partial charge in [0.2, 0.25) is 0 Å². The third-order valence-electron chi connectivity index (χ3n) is 3.64. The van der Waals surface area contributed by atoms with E-state index in [9.17, 15) is 13.2 Å². The summed E-state index contributed by atoms with van der Waals surface area (Å²) in [6, 6.07) is 10.6. The molecule has 0 aromatic heterocycles. The lowest BCUT2D eigenvalue weighted by Gasteiger charge is -2.15. The highest BCUT2D eigenvalue weighted by molar-refractivity contribution is 7.89. The number of carbonyl (C=O) groups is 1. The second kappa shape index (κ2) is 8.17. The van der Waals surface area contributed by atoms with Gasteiger partial charge in [0.15, 0.2) is 0 Å². The second-order valence-electron chi connectivity index (χ2n) is 5.15. The van der Waals surface area contributed by atoms with Crippen LogP contribution in [0.1, 0.15) is 10.4 Å². The molecule has 1 amide bonds. The second-order valence-corrected chi connectivity index (χ2v) is 7.08. The Morgan fingerprint density at radius 2 is 1.77 bits per heavy atom. The summed E-state index contributed by atoms with van der Waals surface area (Å²) in [5.74, 6) is 0.495. The summed E-state index contributed by atoms with van der Waals surface area (Å²) in [6.07, 6.45) is 0. The Bertz CT molecular complexity index is 898. The topological polar surface area (TPSA) is 94.2 Å². The number of benzene rings is 2. The molecule has 0 aliphatic heterocycles. The van der Waals surface area contributed by atoms with Crippen molar-refractivity contribution in [3.63, 3.8) is 0 Å². The van der Waals surface area contributed by atoms with E-state index < -0.39 is 15.9 Å². The van der Waals surface area contributed by atoms with Crippen molar-refractivity contribution in [3.05, 3.63) is 48.0 Å². The number of hydroxylamine groups is 1. The molecule has 2 aromatic rings. The first-order chi connectivity index (χ1) is 12.3. The zero-order chi connectivity index (χ0) is 19.3. The van der Waals surface area contributed by atoms with E-state index in [4.69, 9.17) is 14.3 Å². The van der Waals surface area contributed by atoms with Crippen LogP contribution in [0.4, 0.5) is 5.69 Å². The van der Waals surface area contributed by atoms with Crippen molar-refractivity contribution in [2.24, 2.45) is 0 Å². The van der Waals surface area contributed by atoms with Crippen LogP contribution in [0.25, 0.3) is 0 Å². The minimum absolute atomic E-state index is 0.0629. The molecule has 0 atom stereocenters. The van der Waals surface area contributed by atoms with Crippen molar-refractivity contribution >= 4 is 21.6 Å². The van der Waals surface area contributed by atoms with Crippen LogP contribution in [0.5, 0.6) is 11.5 Å². The Labute approximate surface area is 152 Å². The molecule has 0 aliphatic rings. The van der Waals surface area contributed by atoms with Crippen LogP contribution < -0.4 is 14.8 Å². The minimum Gasteiger partial charge on any atom is -0.497 e. The van der Waals surface area contributed by atoms with Crippen LogP contribution in [0.15, 0.2) is 47.4 Å². The molecule has 8 nitrogen and oxygen atoms in total. The van der Waals surface area contributed by atoms with Gasteiger partial charge in [-0.2, -0.15) is 0 Å². The molecule has 0 fully saturated rings. The van der Waals surface area contributed by atoms with E-state index in [0.29, 0.717) is 17.2 Å². The van der Waals surface area contributed by atoms with Gasteiger partial charge in [0.25, 0.3) is 15.9 Å². The van der Waals surface area contributed by atoms with E-state index in [-0.39, 0.29) is 10.5 Å². The first kappa shape index (κ1) is 19.7. The Morgan fingerprint density at radius 1 is 1.04 bits per heavy atom. The summed E-state index contributed by atoms with van der Waals surface area (Å²) < 4.78 is 35.7. The summed E-state index contributed by atoms with van der Waals surface area (Å²) in [4.78, 5) is 17.2. The number of methoxy groups -OCH3 is 2. The summed E-state index contributed by atoms with van der Waals surface area (Å²) in [6.45, 7) is 0. The quantitative estimate of drug-likeness (QED) is 0.740. The fourth-order valence-corrected chi connectivity index (χ4v) is 3.17. The predicted octanol–water partition coefficient (Wildman–Crippen LogP) is 2.14. The molecule has 26 heavy (non-hydrogen) atoms. The van der Waals surface area contributed by atoms with Crippen molar-refractivity contribution < 1.29 is 27.5 Å². The van der Waals surface area contributed by atoms with Crippen LogP contribution in [0, 0.1) is 0 Å². The zero-order valence-corrected chi connectivity index (χ0v) is 15.7. The van der Waals surface area contributed by atoms with E-state index in [0.717, 1.165) is 4.47 Å². The van der Waals surface area contributed by atoms with Gasteiger partial charge < -0.3 is 14.8 Å². The zero-order valence-electron chi connectivity index (χ0n) is 14.8. The van der Waals surface area contributed by atoms with Gasteiger partial charge in [0.1, 0.15) is 11.5 Å². The van der Waals surface area contributed by atoms with Crippen molar-refractivity contribution in [1.29, 1.82) is 0 Å². The van der Waals surface area contributed by atoms with E-state index in [2.05, 4.69) is 5.32 Å². The van der Waals surface area contributed by atoms with Crippen molar-refractivity contribution in [2.45, 2.75) is 4.90 Å². The van der Waals surface area contributed by atoms with E-state index >= 15 is 0 Å². The molecule has 0 heterocycles. The Morgan fingerprint density at radius 3 is 2.38 bits per heavy atom. The average Bonchev–Trinajstić information content (AvgIpc) is 2.67. The van der Waals surface area contributed by atoms with Gasteiger partial charge in [-0.3, -0.25) is 9.63 Å². The molecule has 2 aromatic carbocycles. The third kappa shape index (κ3) is 4.13. The van der Waals surface area contributed by atoms with Gasteiger partial charge in [-0.1, -0.05) is 10.5 Å². The highest BCUT2D eigenvalue weighted by atomic mass is 32.2. The molecule has 9 heteroatoms. The molecule has 0 unspecified atom stereocenters. The molecular formula is C17H20N2O6S.